The standard InChI is InChI=1S/C19H21ClFNO2/c1-6-9-23-14(5)18-16(8-7-15(21)19(18)20)24-17-10-11(2)12(3)22-13(17)4/h6-8,10,14H,1,9H2,2-5H3. The Hall–Kier alpha value is -1.91. The summed E-state index contributed by atoms with van der Waals surface area (Å²) in [5.41, 5.74) is 3.18. The molecule has 1 unspecified atom stereocenters. The van der Waals surface area contributed by atoms with Crippen LogP contribution in [0.25, 0.3) is 0 Å². The molecule has 0 amide bonds. The van der Waals surface area contributed by atoms with Gasteiger partial charge in [-0.1, -0.05) is 17.7 Å². The maximum Gasteiger partial charge on any atom is 0.148 e. The number of nitrogens with zero attached hydrogens (tertiary/aromatic N) is 1. The minimum absolute atomic E-state index is 0.00138. The second-order valence-electron chi connectivity index (χ2n) is 5.61. The molecule has 3 nitrogen and oxygen atoms in total. The van der Waals surface area contributed by atoms with Gasteiger partial charge in [-0.25, -0.2) is 4.39 Å². The van der Waals surface area contributed by atoms with Crippen LogP contribution in [-0.4, -0.2) is 11.6 Å². The third-order valence-corrected chi connectivity index (χ3v) is 4.18. The largest absolute Gasteiger partial charge is 0.455 e. The second kappa shape index (κ2) is 7.77. The summed E-state index contributed by atoms with van der Waals surface area (Å²) < 4.78 is 25.5. The normalized spacial score (nSPS) is 12.1. The molecule has 1 heterocycles. The number of ether oxygens (including phenoxy) is 2. The number of pyridine rings is 1. The highest BCUT2D eigenvalue weighted by atomic mass is 35.5. The fourth-order valence-corrected chi connectivity index (χ4v) is 2.64. The first-order valence-electron chi connectivity index (χ1n) is 7.68. The molecule has 0 saturated heterocycles. The quantitative estimate of drug-likeness (QED) is 0.612. The third kappa shape index (κ3) is 3.94. The monoisotopic (exact) mass is 349 g/mol. The Balaban J connectivity index is 2.45. The van der Waals surface area contributed by atoms with Crippen LogP contribution in [0.2, 0.25) is 5.02 Å². The van der Waals surface area contributed by atoms with Crippen molar-refractivity contribution >= 4 is 11.6 Å². The maximum atomic E-state index is 13.9. The van der Waals surface area contributed by atoms with Crippen LogP contribution < -0.4 is 4.74 Å². The predicted molar refractivity (Wildman–Crippen MR) is 94.5 cm³/mol. The zero-order valence-corrected chi connectivity index (χ0v) is 15.1. The Morgan fingerprint density at radius 2 is 1.96 bits per heavy atom. The van der Waals surface area contributed by atoms with Crippen molar-refractivity contribution in [3.8, 4) is 11.5 Å². The van der Waals surface area contributed by atoms with Crippen molar-refractivity contribution < 1.29 is 13.9 Å². The number of aryl methyl sites for hydroxylation is 3. The van der Waals surface area contributed by atoms with Gasteiger partial charge in [-0.05, 0) is 51.5 Å². The molecule has 0 saturated carbocycles. The van der Waals surface area contributed by atoms with Crippen LogP contribution in [-0.2, 0) is 4.74 Å². The molecule has 0 spiro atoms. The van der Waals surface area contributed by atoms with Gasteiger partial charge in [0, 0.05) is 11.3 Å². The van der Waals surface area contributed by atoms with Crippen LogP contribution in [0, 0.1) is 26.6 Å². The van der Waals surface area contributed by atoms with Gasteiger partial charge in [0.1, 0.15) is 17.3 Å². The van der Waals surface area contributed by atoms with Crippen LogP contribution in [0.3, 0.4) is 0 Å². The van der Waals surface area contributed by atoms with E-state index < -0.39 is 11.9 Å². The third-order valence-electron chi connectivity index (χ3n) is 3.79. The molecule has 0 bridgehead atoms. The van der Waals surface area contributed by atoms with Crippen molar-refractivity contribution in [1.29, 1.82) is 0 Å². The lowest BCUT2D eigenvalue weighted by molar-refractivity contribution is 0.0869. The lowest BCUT2D eigenvalue weighted by atomic mass is 10.1. The summed E-state index contributed by atoms with van der Waals surface area (Å²) in [5.74, 6) is 0.548. The van der Waals surface area contributed by atoms with Crippen LogP contribution in [0.1, 0.15) is 35.5 Å². The van der Waals surface area contributed by atoms with Crippen molar-refractivity contribution in [2.45, 2.75) is 33.8 Å². The molecule has 0 fully saturated rings. The predicted octanol–water partition coefficient (Wildman–Crippen LogP) is 5.86. The maximum absolute atomic E-state index is 13.9. The first kappa shape index (κ1) is 18.4. The molecular weight excluding hydrogens is 329 g/mol. The zero-order chi connectivity index (χ0) is 17.9. The average molecular weight is 350 g/mol. The molecule has 0 aliphatic heterocycles. The first-order valence-corrected chi connectivity index (χ1v) is 8.06. The van der Waals surface area contributed by atoms with E-state index in [0.29, 0.717) is 23.7 Å². The van der Waals surface area contributed by atoms with Gasteiger partial charge in [-0.2, -0.15) is 0 Å². The number of aromatic nitrogens is 1. The molecule has 1 atom stereocenters. The van der Waals surface area contributed by atoms with Gasteiger partial charge in [0.05, 0.1) is 23.4 Å². The molecule has 24 heavy (non-hydrogen) atoms. The first-order chi connectivity index (χ1) is 11.3. The van der Waals surface area contributed by atoms with E-state index in [1.54, 1.807) is 19.1 Å². The molecule has 0 aliphatic rings. The van der Waals surface area contributed by atoms with E-state index in [1.807, 2.05) is 26.8 Å². The van der Waals surface area contributed by atoms with Crippen LogP contribution in [0.15, 0.2) is 30.9 Å². The van der Waals surface area contributed by atoms with Crippen molar-refractivity contribution in [2.24, 2.45) is 0 Å². The molecule has 128 valence electrons. The van der Waals surface area contributed by atoms with Gasteiger partial charge < -0.3 is 9.47 Å². The van der Waals surface area contributed by atoms with E-state index in [9.17, 15) is 4.39 Å². The van der Waals surface area contributed by atoms with E-state index >= 15 is 0 Å². The Morgan fingerprint density at radius 3 is 2.62 bits per heavy atom. The summed E-state index contributed by atoms with van der Waals surface area (Å²) in [6.45, 7) is 11.5. The highest BCUT2D eigenvalue weighted by Crippen LogP contribution is 2.38. The molecule has 0 N–H and O–H groups in total. The van der Waals surface area contributed by atoms with Crippen molar-refractivity contribution in [3.05, 3.63) is 64.2 Å². The van der Waals surface area contributed by atoms with Crippen LogP contribution in [0.4, 0.5) is 4.39 Å². The number of halogens is 2. The zero-order valence-electron chi connectivity index (χ0n) is 14.3. The van der Waals surface area contributed by atoms with Gasteiger partial charge in [0.2, 0.25) is 0 Å². The van der Waals surface area contributed by atoms with Gasteiger partial charge >= 0.3 is 0 Å². The topological polar surface area (TPSA) is 31.4 Å². The Morgan fingerprint density at radius 1 is 1.25 bits per heavy atom. The van der Waals surface area contributed by atoms with E-state index in [-0.39, 0.29) is 5.02 Å². The van der Waals surface area contributed by atoms with E-state index in [4.69, 9.17) is 21.1 Å². The summed E-state index contributed by atoms with van der Waals surface area (Å²) in [6, 6.07) is 4.75. The fraction of sp³-hybridized carbons (Fsp3) is 0.316. The fourth-order valence-electron chi connectivity index (χ4n) is 2.33. The Labute approximate surface area is 147 Å². The van der Waals surface area contributed by atoms with Gasteiger partial charge in [0.25, 0.3) is 0 Å². The summed E-state index contributed by atoms with van der Waals surface area (Å²) in [5, 5.41) is -0.00138. The number of hydrogen-bond donors (Lipinski definition) is 0. The van der Waals surface area contributed by atoms with Gasteiger partial charge in [0.15, 0.2) is 0 Å². The Kier molecular flexibility index (Phi) is 5.97. The molecule has 2 aromatic rings. The summed E-state index contributed by atoms with van der Waals surface area (Å²) in [7, 11) is 0. The summed E-state index contributed by atoms with van der Waals surface area (Å²) in [6.07, 6.45) is 1.18. The second-order valence-corrected chi connectivity index (χ2v) is 5.99. The number of hydrogen-bond acceptors (Lipinski definition) is 3. The SMILES string of the molecule is C=CCOC(C)c1c(Oc2cc(C)c(C)nc2C)ccc(F)c1Cl. The molecular formula is C19H21ClFNO2. The highest BCUT2D eigenvalue weighted by molar-refractivity contribution is 6.31. The molecule has 0 radical (unpaired) electrons. The number of rotatable bonds is 6. The van der Waals surface area contributed by atoms with E-state index in [2.05, 4.69) is 11.6 Å². The molecule has 1 aromatic heterocycles. The molecule has 2 rings (SSSR count). The molecule has 1 aromatic carbocycles. The van der Waals surface area contributed by atoms with E-state index in [1.165, 1.54) is 6.07 Å². The van der Waals surface area contributed by atoms with E-state index in [0.717, 1.165) is 17.0 Å². The van der Waals surface area contributed by atoms with Gasteiger partial charge in [-0.15, -0.1) is 6.58 Å². The van der Waals surface area contributed by atoms with Crippen molar-refractivity contribution in [1.82, 2.24) is 4.98 Å². The molecule has 5 heteroatoms. The number of benzene rings is 1. The van der Waals surface area contributed by atoms with Crippen molar-refractivity contribution in [3.63, 3.8) is 0 Å². The van der Waals surface area contributed by atoms with Crippen LogP contribution in [0.5, 0.6) is 11.5 Å². The van der Waals surface area contributed by atoms with Gasteiger partial charge in [-0.3, -0.25) is 4.98 Å². The molecule has 0 aliphatic carbocycles. The minimum atomic E-state index is -0.511. The Bertz CT molecular complexity index is 762. The lowest BCUT2D eigenvalue weighted by Crippen LogP contribution is -2.05. The average Bonchev–Trinajstić information content (AvgIpc) is 2.54. The van der Waals surface area contributed by atoms with Crippen molar-refractivity contribution in [2.75, 3.05) is 6.61 Å². The highest BCUT2D eigenvalue weighted by Gasteiger charge is 2.20. The smallest absolute Gasteiger partial charge is 0.148 e. The van der Waals surface area contributed by atoms with Crippen LogP contribution >= 0.6 is 11.6 Å². The summed E-state index contributed by atoms with van der Waals surface area (Å²) in [4.78, 5) is 4.46. The summed E-state index contributed by atoms with van der Waals surface area (Å²) >= 11 is 6.16. The lowest BCUT2D eigenvalue weighted by Gasteiger charge is -2.19. The minimum Gasteiger partial charge on any atom is -0.455 e.